The van der Waals surface area contributed by atoms with Gasteiger partial charge in [-0.2, -0.15) is 0 Å². The standard InChI is InChI=1S/C21H22N4O6/c1-28-12-5-6-13(20(22)26)15(9-12)23-10-14-18(24-25-21(14)27)11-7-16(29-2)19(31-4)17(8-11)30-3/h5-10H,1-4H3,(H2,22,26)(H2,24,25,27). The molecule has 10 heteroatoms. The molecule has 4 N–H and O–H groups in total. The Hall–Kier alpha value is -4.21. The Morgan fingerprint density at radius 2 is 1.65 bits per heavy atom. The van der Waals surface area contributed by atoms with Crippen LogP contribution in [0.15, 0.2) is 40.1 Å². The fraction of sp³-hybridized carbons (Fsp3) is 0.190. The maximum absolute atomic E-state index is 12.4. The smallest absolute Gasteiger partial charge is 0.273 e. The van der Waals surface area contributed by atoms with E-state index in [-0.39, 0.29) is 16.8 Å². The van der Waals surface area contributed by atoms with E-state index in [1.165, 1.54) is 40.7 Å². The molecule has 0 spiro atoms. The summed E-state index contributed by atoms with van der Waals surface area (Å²) in [4.78, 5) is 28.5. The summed E-state index contributed by atoms with van der Waals surface area (Å²) in [6.07, 6.45) is 1.34. The quantitative estimate of drug-likeness (QED) is 0.472. The SMILES string of the molecule is COc1ccc(C(N)=O)c(N=Cc2c(-c3cc(OC)c(OC)c(OC)c3)[nH][nH]c2=O)c1. The molecule has 162 valence electrons. The topological polar surface area (TPSA) is 141 Å². The molecule has 0 saturated heterocycles. The van der Waals surface area contributed by atoms with Gasteiger partial charge in [-0.25, -0.2) is 0 Å². The van der Waals surface area contributed by atoms with E-state index < -0.39 is 11.5 Å². The van der Waals surface area contributed by atoms with E-state index in [4.69, 9.17) is 24.7 Å². The highest BCUT2D eigenvalue weighted by Gasteiger charge is 2.18. The number of aromatic amines is 2. The van der Waals surface area contributed by atoms with Crippen molar-refractivity contribution in [2.75, 3.05) is 28.4 Å². The van der Waals surface area contributed by atoms with Crippen molar-refractivity contribution >= 4 is 17.8 Å². The number of nitrogens with two attached hydrogens (primary N) is 1. The van der Waals surface area contributed by atoms with E-state index in [2.05, 4.69) is 15.2 Å². The second kappa shape index (κ2) is 9.08. The van der Waals surface area contributed by atoms with Gasteiger partial charge >= 0.3 is 0 Å². The summed E-state index contributed by atoms with van der Waals surface area (Å²) in [6.45, 7) is 0. The predicted molar refractivity (Wildman–Crippen MR) is 115 cm³/mol. The van der Waals surface area contributed by atoms with Crippen LogP contribution in [0, 0.1) is 0 Å². The Morgan fingerprint density at radius 3 is 2.19 bits per heavy atom. The van der Waals surface area contributed by atoms with Gasteiger partial charge in [0.25, 0.3) is 11.5 Å². The van der Waals surface area contributed by atoms with Crippen LogP contribution in [-0.2, 0) is 0 Å². The second-order valence-electron chi connectivity index (χ2n) is 6.29. The Bertz CT molecular complexity index is 1170. The van der Waals surface area contributed by atoms with Gasteiger partial charge in [0.05, 0.1) is 50.9 Å². The molecule has 0 atom stereocenters. The largest absolute Gasteiger partial charge is 0.497 e. The first-order valence-corrected chi connectivity index (χ1v) is 9.06. The zero-order chi connectivity index (χ0) is 22.5. The molecule has 0 saturated carbocycles. The van der Waals surface area contributed by atoms with Crippen LogP contribution in [0.4, 0.5) is 5.69 Å². The molecule has 0 unspecified atom stereocenters. The van der Waals surface area contributed by atoms with Gasteiger partial charge in [0.2, 0.25) is 5.75 Å². The maximum atomic E-state index is 12.4. The molecule has 1 amide bonds. The second-order valence-corrected chi connectivity index (χ2v) is 6.29. The summed E-state index contributed by atoms with van der Waals surface area (Å²) in [6, 6.07) is 8.05. The predicted octanol–water partition coefficient (Wildman–Crippen LogP) is 2.25. The number of primary amides is 1. The summed E-state index contributed by atoms with van der Waals surface area (Å²) in [5.41, 5.74) is 6.75. The van der Waals surface area contributed by atoms with Gasteiger partial charge < -0.3 is 24.7 Å². The third kappa shape index (κ3) is 4.22. The van der Waals surface area contributed by atoms with Crippen LogP contribution in [0.25, 0.3) is 11.3 Å². The lowest BCUT2D eigenvalue weighted by Crippen LogP contribution is -2.11. The summed E-state index contributed by atoms with van der Waals surface area (Å²) in [5, 5.41) is 5.36. The van der Waals surface area contributed by atoms with E-state index in [9.17, 15) is 9.59 Å². The van der Waals surface area contributed by atoms with E-state index >= 15 is 0 Å². The van der Waals surface area contributed by atoms with Crippen molar-refractivity contribution in [3.63, 3.8) is 0 Å². The van der Waals surface area contributed by atoms with Gasteiger partial charge in [-0.3, -0.25) is 24.8 Å². The molecule has 0 radical (unpaired) electrons. The lowest BCUT2D eigenvalue weighted by molar-refractivity contribution is 0.100. The molecule has 0 aliphatic heterocycles. The number of amides is 1. The number of rotatable bonds is 8. The van der Waals surface area contributed by atoms with Crippen LogP contribution in [0.2, 0.25) is 0 Å². The first kappa shape index (κ1) is 21.5. The molecule has 10 nitrogen and oxygen atoms in total. The van der Waals surface area contributed by atoms with Crippen LogP contribution in [-0.4, -0.2) is 50.8 Å². The van der Waals surface area contributed by atoms with Crippen LogP contribution in [0.5, 0.6) is 23.0 Å². The molecule has 31 heavy (non-hydrogen) atoms. The third-order valence-corrected chi connectivity index (χ3v) is 4.57. The first-order chi connectivity index (χ1) is 14.9. The Kier molecular flexibility index (Phi) is 6.29. The Morgan fingerprint density at radius 1 is 0.968 bits per heavy atom. The fourth-order valence-electron chi connectivity index (χ4n) is 3.03. The molecular weight excluding hydrogens is 404 g/mol. The molecule has 0 fully saturated rings. The molecule has 3 aromatic rings. The summed E-state index contributed by atoms with van der Waals surface area (Å²) >= 11 is 0. The fourth-order valence-corrected chi connectivity index (χ4v) is 3.03. The van der Waals surface area contributed by atoms with Crippen molar-refractivity contribution in [2.45, 2.75) is 0 Å². The number of carbonyl (C=O) groups is 1. The monoisotopic (exact) mass is 426 g/mol. The zero-order valence-electron chi connectivity index (χ0n) is 17.4. The van der Waals surface area contributed by atoms with Crippen molar-refractivity contribution in [1.82, 2.24) is 10.2 Å². The van der Waals surface area contributed by atoms with Crippen molar-refractivity contribution in [2.24, 2.45) is 10.7 Å². The number of methoxy groups -OCH3 is 4. The molecule has 0 bridgehead atoms. The van der Waals surface area contributed by atoms with E-state index in [1.807, 2.05) is 0 Å². The van der Waals surface area contributed by atoms with Crippen molar-refractivity contribution in [1.29, 1.82) is 0 Å². The number of benzene rings is 2. The minimum Gasteiger partial charge on any atom is -0.497 e. The summed E-state index contributed by atoms with van der Waals surface area (Å²) < 4.78 is 21.3. The Balaban J connectivity index is 2.12. The van der Waals surface area contributed by atoms with Crippen molar-refractivity contribution < 1.29 is 23.7 Å². The highest BCUT2D eigenvalue weighted by atomic mass is 16.5. The zero-order valence-corrected chi connectivity index (χ0v) is 17.4. The van der Waals surface area contributed by atoms with Gasteiger partial charge in [-0.1, -0.05) is 0 Å². The molecular formula is C21H22N4O6. The average Bonchev–Trinajstić information content (AvgIpc) is 3.16. The lowest BCUT2D eigenvalue weighted by atomic mass is 10.1. The maximum Gasteiger partial charge on any atom is 0.273 e. The molecule has 3 rings (SSSR count). The van der Waals surface area contributed by atoms with Gasteiger partial charge in [-0.05, 0) is 24.3 Å². The molecule has 0 aliphatic carbocycles. The van der Waals surface area contributed by atoms with Crippen LogP contribution >= 0.6 is 0 Å². The van der Waals surface area contributed by atoms with Crippen molar-refractivity contribution in [3.8, 4) is 34.3 Å². The number of H-pyrrole nitrogens is 2. The number of carbonyl (C=O) groups excluding carboxylic acids is 1. The highest BCUT2D eigenvalue weighted by molar-refractivity contribution is 5.99. The molecule has 2 aromatic carbocycles. The number of nitrogens with one attached hydrogen (secondary N) is 2. The number of aromatic nitrogens is 2. The van der Waals surface area contributed by atoms with Crippen LogP contribution < -0.4 is 30.2 Å². The lowest BCUT2D eigenvalue weighted by Gasteiger charge is -2.13. The molecule has 0 aliphatic rings. The normalized spacial score (nSPS) is 10.8. The van der Waals surface area contributed by atoms with E-state index in [0.717, 1.165) is 0 Å². The van der Waals surface area contributed by atoms with E-state index in [0.29, 0.717) is 34.3 Å². The van der Waals surface area contributed by atoms with Gasteiger partial charge in [0.1, 0.15) is 5.75 Å². The molecule has 1 heterocycles. The number of hydrogen-bond donors (Lipinski definition) is 3. The number of hydrogen-bond acceptors (Lipinski definition) is 7. The van der Waals surface area contributed by atoms with Gasteiger partial charge in [0.15, 0.2) is 11.5 Å². The summed E-state index contributed by atoms with van der Waals surface area (Å²) in [5.74, 6) is 1.10. The average molecular weight is 426 g/mol. The first-order valence-electron chi connectivity index (χ1n) is 9.06. The minimum atomic E-state index is -0.650. The Labute approximate surface area is 177 Å². The number of ether oxygens (including phenoxy) is 4. The van der Waals surface area contributed by atoms with Crippen LogP contribution in [0.1, 0.15) is 15.9 Å². The van der Waals surface area contributed by atoms with Gasteiger partial charge in [-0.15, -0.1) is 0 Å². The van der Waals surface area contributed by atoms with Crippen molar-refractivity contribution in [3.05, 3.63) is 51.8 Å². The minimum absolute atomic E-state index is 0.193. The van der Waals surface area contributed by atoms with E-state index in [1.54, 1.807) is 24.3 Å². The number of nitrogens with zero attached hydrogens (tertiary/aromatic N) is 1. The summed E-state index contributed by atoms with van der Waals surface area (Å²) in [7, 11) is 5.99. The molecule has 1 aromatic heterocycles. The van der Waals surface area contributed by atoms with Gasteiger partial charge in [0, 0.05) is 17.8 Å². The third-order valence-electron chi connectivity index (χ3n) is 4.57. The number of aliphatic imine (C=N–C) groups is 1. The highest BCUT2D eigenvalue weighted by Crippen LogP contribution is 2.41. The van der Waals surface area contributed by atoms with Crippen LogP contribution in [0.3, 0.4) is 0 Å².